The average Bonchev–Trinajstić information content (AvgIpc) is 2.49. The van der Waals surface area contributed by atoms with Crippen LogP contribution < -0.4 is 16.8 Å². The summed E-state index contributed by atoms with van der Waals surface area (Å²) in [6.07, 6.45) is 4.65. The Hall–Kier alpha value is -1.75. The van der Waals surface area contributed by atoms with Crippen LogP contribution in [0.25, 0.3) is 0 Å². The first kappa shape index (κ1) is 16.3. The molecule has 5 N–H and O–H groups in total. The Morgan fingerprint density at radius 1 is 1.20 bits per heavy atom. The number of nitrogens with one attached hydrogen (secondary N) is 1. The maximum atomic E-state index is 5.87. The predicted octanol–water partition coefficient (Wildman–Crippen LogP) is 2.27. The van der Waals surface area contributed by atoms with Crippen LogP contribution in [0.1, 0.15) is 38.2 Å². The maximum Gasteiger partial charge on any atom is 0.170 e. The molecular formula is C15H26N4O. The van der Waals surface area contributed by atoms with E-state index in [0.717, 1.165) is 24.2 Å². The molecule has 0 spiro atoms. The Morgan fingerprint density at radius 2 is 1.95 bits per heavy atom. The van der Waals surface area contributed by atoms with Crippen molar-refractivity contribution >= 4 is 11.5 Å². The van der Waals surface area contributed by atoms with Gasteiger partial charge in [-0.05, 0) is 37.1 Å². The third-order valence-corrected chi connectivity index (χ3v) is 2.91. The third kappa shape index (κ3) is 6.43. The molecule has 1 aromatic carbocycles. The summed E-state index contributed by atoms with van der Waals surface area (Å²) >= 11 is 0. The molecule has 5 heteroatoms. The standard InChI is InChI=1S/C15H26N4O/c1-2-3-4-5-12-20-19-15(17)13-6-8-14(9-7-13)18-11-10-16/h6-9,18H,2-5,10-12,16H2,1H3,(H2,17,19). The molecule has 112 valence electrons. The van der Waals surface area contributed by atoms with Gasteiger partial charge in [-0.1, -0.05) is 24.9 Å². The van der Waals surface area contributed by atoms with Crippen molar-refractivity contribution in [2.45, 2.75) is 32.6 Å². The van der Waals surface area contributed by atoms with E-state index in [1.807, 2.05) is 24.3 Å². The number of hydrogen-bond donors (Lipinski definition) is 3. The number of nitrogens with two attached hydrogens (primary N) is 2. The van der Waals surface area contributed by atoms with Crippen LogP contribution in [0.5, 0.6) is 0 Å². The van der Waals surface area contributed by atoms with Gasteiger partial charge in [0.1, 0.15) is 6.61 Å². The second-order valence-corrected chi connectivity index (χ2v) is 4.66. The highest BCUT2D eigenvalue weighted by Crippen LogP contribution is 2.09. The summed E-state index contributed by atoms with van der Waals surface area (Å²) in [6.45, 7) is 4.17. The van der Waals surface area contributed by atoms with Crippen LogP contribution in [0.15, 0.2) is 29.4 Å². The smallest absolute Gasteiger partial charge is 0.170 e. The van der Waals surface area contributed by atoms with Gasteiger partial charge in [-0.2, -0.15) is 0 Å². The second kappa shape index (κ2) is 10.1. The van der Waals surface area contributed by atoms with Crippen LogP contribution in [0.4, 0.5) is 5.69 Å². The molecule has 0 bridgehead atoms. The minimum atomic E-state index is 0.408. The molecule has 0 heterocycles. The number of oxime groups is 1. The SMILES string of the molecule is CCCCCCON=C(N)c1ccc(NCCN)cc1. The third-order valence-electron chi connectivity index (χ3n) is 2.91. The van der Waals surface area contributed by atoms with Gasteiger partial charge in [0.2, 0.25) is 0 Å². The minimum Gasteiger partial charge on any atom is -0.394 e. The zero-order valence-corrected chi connectivity index (χ0v) is 12.3. The highest BCUT2D eigenvalue weighted by Gasteiger charge is 1.99. The first-order valence-electron chi connectivity index (χ1n) is 7.27. The van der Waals surface area contributed by atoms with E-state index in [2.05, 4.69) is 17.4 Å². The molecule has 1 aromatic rings. The lowest BCUT2D eigenvalue weighted by molar-refractivity contribution is 0.139. The molecule has 0 aromatic heterocycles. The zero-order valence-electron chi connectivity index (χ0n) is 12.3. The highest BCUT2D eigenvalue weighted by molar-refractivity contribution is 5.97. The molecule has 0 saturated carbocycles. The Balaban J connectivity index is 2.36. The topological polar surface area (TPSA) is 85.7 Å². The number of benzene rings is 1. The largest absolute Gasteiger partial charge is 0.394 e. The van der Waals surface area contributed by atoms with Crippen molar-refractivity contribution in [2.24, 2.45) is 16.6 Å². The zero-order chi connectivity index (χ0) is 14.6. The Morgan fingerprint density at radius 3 is 2.60 bits per heavy atom. The van der Waals surface area contributed by atoms with Crippen LogP contribution in [0, 0.1) is 0 Å². The van der Waals surface area contributed by atoms with E-state index < -0.39 is 0 Å². The van der Waals surface area contributed by atoms with Gasteiger partial charge >= 0.3 is 0 Å². The molecule has 0 radical (unpaired) electrons. The lowest BCUT2D eigenvalue weighted by atomic mass is 10.2. The quantitative estimate of drug-likeness (QED) is 0.265. The van der Waals surface area contributed by atoms with E-state index in [1.54, 1.807) is 0 Å². The van der Waals surface area contributed by atoms with Gasteiger partial charge in [0.15, 0.2) is 5.84 Å². The van der Waals surface area contributed by atoms with Gasteiger partial charge in [0, 0.05) is 24.3 Å². The van der Waals surface area contributed by atoms with Crippen molar-refractivity contribution < 1.29 is 4.84 Å². The fourth-order valence-corrected chi connectivity index (χ4v) is 1.74. The summed E-state index contributed by atoms with van der Waals surface area (Å²) < 4.78 is 0. The van der Waals surface area contributed by atoms with Gasteiger partial charge in [0.05, 0.1) is 0 Å². The van der Waals surface area contributed by atoms with Crippen LogP contribution in [0.2, 0.25) is 0 Å². The molecule has 0 fully saturated rings. The van der Waals surface area contributed by atoms with E-state index in [0.29, 0.717) is 19.0 Å². The fraction of sp³-hybridized carbons (Fsp3) is 0.533. The van der Waals surface area contributed by atoms with E-state index in [4.69, 9.17) is 16.3 Å². The van der Waals surface area contributed by atoms with Crippen LogP contribution in [0.3, 0.4) is 0 Å². The van der Waals surface area contributed by atoms with Crippen molar-refractivity contribution in [3.63, 3.8) is 0 Å². The monoisotopic (exact) mass is 278 g/mol. The molecular weight excluding hydrogens is 252 g/mol. The van der Waals surface area contributed by atoms with E-state index in [-0.39, 0.29) is 0 Å². The summed E-state index contributed by atoms with van der Waals surface area (Å²) in [5.74, 6) is 0.408. The van der Waals surface area contributed by atoms with Crippen molar-refractivity contribution in [1.29, 1.82) is 0 Å². The van der Waals surface area contributed by atoms with Crippen LogP contribution >= 0.6 is 0 Å². The summed E-state index contributed by atoms with van der Waals surface area (Å²) in [5, 5.41) is 7.13. The highest BCUT2D eigenvalue weighted by atomic mass is 16.6. The Bertz CT molecular complexity index is 389. The van der Waals surface area contributed by atoms with E-state index in [9.17, 15) is 0 Å². The van der Waals surface area contributed by atoms with E-state index in [1.165, 1.54) is 19.3 Å². The number of unbranched alkanes of at least 4 members (excludes halogenated alkanes) is 3. The van der Waals surface area contributed by atoms with Crippen molar-refractivity contribution in [3.05, 3.63) is 29.8 Å². The average molecular weight is 278 g/mol. The van der Waals surface area contributed by atoms with Crippen LogP contribution in [-0.2, 0) is 4.84 Å². The summed E-state index contributed by atoms with van der Waals surface area (Å²) in [7, 11) is 0. The van der Waals surface area contributed by atoms with Crippen molar-refractivity contribution in [2.75, 3.05) is 25.0 Å². The lowest BCUT2D eigenvalue weighted by Crippen LogP contribution is -2.15. The summed E-state index contributed by atoms with van der Waals surface area (Å²) in [6, 6.07) is 7.74. The molecule has 0 saturated heterocycles. The fourth-order valence-electron chi connectivity index (χ4n) is 1.74. The molecule has 0 atom stereocenters. The summed E-state index contributed by atoms with van der Waals surface area (Å²) in [4.78, 5) is 5.22. The molecule has 0 amide bonds. The first-order chi connectivity index (χ1) is 9.77. The van der Waals surface area contributed by atoms with Crippen molar-refractivity contribution in [1.82, 2.24) is 0 Å². The molecule has 0 aliphatic heterocycles. The normalized spacial score (nSPS) is 11.4. The molecule has 0 unspecified atom stereocenters. The van der Waals surface area contributed by atoms with Gasteiger partial charge < -0.3 is 21.6 Å². The Labute approximate surface area is 121 Å². The summed E-state index contributed by atoms with van der Waals surface area (Å²) in [5.41, 5.74) is 13.2. The number of hydrogen-bond acceptors (Lipinski definition) is 4. The number of nitrogens with zero attached hydrogens (tertiary/aromatic N) is 1. The maximum absolute atomic E-state index is 5.87. The number of amidine groups is 1. The first-order valence-corrected chi connectivity index (χ1v) is 7.27. The molecule has 1 rings (SSSR count). The van der Waals surface area contributed by atoms with Gasteiger partial charge in [-0.25, -0.2) is 0 Å². The van der Waals surface area contributed by atoms with Gasteiger partial charge in [-0.15, -0.1) is 0 Å². The molecule has 5 nitrogen and oxygen atoms in total. The van der Waals surface area contributed by atoms with E-state index >= 15 is 0 Å². The molecule has 20 heavy (non-hydrogen) atoms. The Kier molecular flexibility index (Phi) is 8.22. The second-order valence-electron chi connectivity index (χ2n) is 4.66. The predicted molar refractivity (Wildman–Crippen MR) is 84.8 cm³/mol. The molecule has 0 aliphatic carbocycles. The number of rotatable bonds is 10. The van der Waals surface area contributed by atoms with Crippen LogP contribution in [-0.4, -0.2) is 25.5 Å². The van der Waals surface area contributed by atoms with Crippen molar-refractivity contribution in [3.8, 4) is 0 Å². The lowest BCUT2D eigenvalue weighted by Gasteiger charge is -2.06. The number of anilines is 1. The van der Waals surface area contributed by atoms with Gasteiger partial charge in [0.25, 0.3) is 0 Å². The molecule has 0 aliphatic rings. The van der Waals surface area contributed by atoms with Gasteiger partial charge in [-0.3, -0.25) is 0 Å². The minimum absolute atomic E-state index is 0.408.